The molecule has 3 rings (SSSR count). The molecule has 6 nitrogen and oxygen atoms in total. The van der Waals surface area contributed by atoms with Crippen LogP contribution in [0.1, 0.15) is 31.2 Å². The maximum atomic E-state index is 12.5. The molecule has 2 aromatic carbocycles. The molecule has 1 aliphatic carbocycles. The summed E-state index contributed by atoms with van der Waals surface area (Å²) in [4.78, 5) is 25.1. The molecule has 154 valence electrons. The first-order valence-electron chi connectivity index (χ1n) is 9.95. The highest BCUT2D eigenvalue weighted by Crippen LogP contribution is 2.30. The van der Waals surface area contributed by atoms with E-state index < -0.39 is 0 Å². The van der Waals surface area contributed by atoms with Gasteiger partial charge in [0.2, 0.25) is 11.8 Å². The Morgan fingerprint density at radius 2 is 1.48 bits per heavy atom. The van der Waals surface area contributed by atoms with Crippen molar-refractivity contribution in [1.29, 1.82) is 0 Å². The molecule has 2 N–H and O–H groups in total. The number of carbonyl (C=O) groups is 2. The molecule has 1 aliphatic rings. The van der Waals surface area contributed by atoms with E-state index in [1.807, 2.05) is 48.5 Å². The van der Waals surface area contributed by atoms with Gasteiger partial charge in [0.25, 0.3) is 0 Å². The van der Waals surface area contributed by atoms with Gasteiger partial charge in [-0.3, -0.25) is 9.59 Å². The van der Waals surface area contributed by atoms with Crippen molar-refractivity contribution in [3.8, 4) is 11.5 Å². The molecule has 2 amide bonds. The lowest BCUT2D eigenvalue weighted by atomic mass is 9.81. The Labute approximate surface area is 171 Å². The minimum atomic E-state index is -0.0598. The molecule has 1 saturated carbocycles. The third kappa shape index (κ3) is 5.50. The average molecular weight is 396 g/mol. The first-order chi connectivity index (χ1) is 14.1. The highest BCUT2D eigenvalue weighted by molar-refractivity contribution is 5.92. The van der Waals surface area contributed by atoms with Crippen LogP contribution in [0.2, 0.25) is 0 Å². The van der Waals surface area contributed by atoms with Gasteiger partial charge in [0.15, 0.2) is 0 Å². The van der Waals surface area contributed by atoms with Gasteiger partial charge in [-0.1, -0.05) is 18.2 Å². The zero-order valence-corrected chi connectivity index (χ0v) is 16.9. The van der Waals surface area contributed by atoms with Gasteiger partial charge >= 0.3 is 0 Å². The van der Waals surface area contributed by atoms with E-state index in [0.717, 1.165) is 35.6 Å². The van der Waals surface area contributed by atoms with Gasteiger partial charge in [-0.25, -0.2) is 0 Å². The summed E-state index contributed by atoms with van der Waals surface area (Å²) in [6.45, 7) is 0.445. The predicted octanol–water partition coefficient (Wildman–Crippen LogP) is 3.77. The van der Waals surface area contributed by atoms with Crippen LogP contribution in [0.4, 0.5) is 5.69 Å². The molecule has 0 saturated heterocycles. The van der Waals surface area contributed by atoms with E-state index in [1.54, 1.807) is 14.2 Å². The normalized spacial score (nSPS) is 18.6. The molecule has 0 spiro atoms. The summed E-state index contributed by atoms with van der Waals surface area (Å²) in [5, 5.41) is 5.96. The van der Waals surface area contributed by atoms with Gasteiger partial charge in [-0.15, -0.1) is 0 Å². The Bertz CT molecular complexity index is 827. The molecular formula is C23H28N2O4. The third-order valence-electron chi connectivity index (χ3n) is 5.47. The second-order valence-corrected chi connectivity index (χ2v) is 7.30. The number of anilines is 1. The van der Waals surface area contributed by atoms with Crippen LogP contribution in [-0.4, -0.2) is 26.0 Å². The number of methoxy groups -OCH3 is 2. The Balaban J connectivity index is 1.45. The van der Waals surface area contributed by atoms with Gasteiger partial charge < -0.3 is 20.1 Å². The van der Waals surface area contributed by atoms with Crippen molar-refractivity contribution in [2.45, 2.75) is 32.2 Å². The van der Waals surface area contributed by atoms with E-state index in [2.05, 4.69) is 10.6 Å². The fourth-order valence-corrected chi connectivity index (χ4v) is 3.71. The topological polar surface area (TPSA) is 76.7 Å². The number of rotatable bonds is 7. The quantitative estimate of drug-likeness (QED) is 0.747. The number of nitrogens with one attached hydrogen (secondary N) is 2. The summed E-state index contributed by atoms with van der Waals surface area (Å²) in [6.07, 6.45) is 2.88. The monoisotopic (exact) mass is 396 g/mol. The Hall–Kier alpha value is -3.02. The lowest BCUT2D eigenvalue weighted by Gasteiger charge is -2.27. The van der Waals surface area contributed by atoms with Crippen molar-refractivity contribution in [2.24, 2.45) is 11.8 Å². The highest BCUT2D eigenvalue weighted by Gasteiger charge is 2.30. The number of amides is 2. The third-order valence-corrected chi connectivity index (χ3v) is 5.47. The van der Waals surface area contributed by atoms with Gasteiger partial charge in [0.1, 0.15) is 11.5 Å². The summed E-state index contributed by atoms with van der Waals surface area (Å²) >= 11 is 0. The van der Waals surface area contributed by atoms with Gasteiger partial charge in [-0.2, -0.15) is 0 Å². The fourth-order valence-electron chi connectivity index (χ4n) is 3.71. The van der Waals surface area contributed by atoms with E-state index in [-0.39, 0.29) is 23.7 Å². The number of carbonyl (C=O) groups excluding carboxylic acids is 2. The second kappa shape index (κ2) is 9.96. The fraction of sp³-hybridized carbons (Fsp3) is 0.391. The van der Waals surface area contributed by atoms with Gasteiger partial charge in [-0.05, 0) is 56.0 Å². The molecule has 0 aromatic heterocycles. The Kier molecular flexibility index (Phi) is 7.11. The van der Waals surface area contributed by atoms with Gasteiger partial charge in [0, 0.05) is 29.6 Å². The van der Waals surface area contributed by atoms with Crippen molar-refractivity contribution >= 4 is 17.5 Å². The van der Waals surface area contributed by atoms with Crippen molar-refractivity contribution < 1.29 is 19.1 Å². The lowest BCUT2D eigenvalue weighted by Crippen LogP contribution is -2.35. The predicted molar refractivity (Wildman–Crippen MR) is 112 cm³/mol. The zero-order valence-electron chi connectivity index (χ0n) is 16.9. The molecule has 0 aliphatic heterocycles. The SMILES string of the molecule is COc1ccc(NC(=O)C2CCC(C(=O)NCc3ccccc3OC)CC2)cc1. The summed E-state index contributed by atoms with van der Waals surface area (Å²) in [6, 6.07) is 14.9. The van der Waals surface area contributed by atoms with E-state index >= 15 is 0 Å². The number of para-hydroxylation sites is 1. The van der Waals surface area contributed by atoms with Crippen molar-refractivity contribution in [3.05, 3.63) is 54.1 Å². The van der Waals surface area contributed by atoms with Crippen LogP contribution >= 0.6 is 0 Å². The molecule has 0 unspecified atom stereocenters. The summed E-state index contributed by atoms with van der Waals surface area (Å²) in [7, 11) is 3.23. The largest absolute Gasteiger partial charge is 0.497 e. The van der Waals surface area contributed by atoms with E-state index in [9.17, 15) is 9.59 Å². The summed E-state index contributed by atoms with van der Waals surface area (Å²) < 4.78 is 10.5. The van der Waals surface area contributed by atoms with Crippen LogP contribution in [0.5, 0.6) is 11.5 Å². The molecule has 29 heavy (non-hydrogen) atoms. The minimum Gasteiger partial charge on any atom is -0.497 e. The number of hydrogen-bond donors (Lipinski definition) is 2. The van der Waals surface area contributed by atoms with E-state index in [0.29, 0.717) is 19.4 Å². The van der Waals surface area contributed by atoms with Crippen LogP contribution in [0.25, 0.3) is 0 Å². The first-order valence-corrected chi connectivity index (χ1v) is 9.95. The van der Waals surface area contributed by atoms with E-state index in [4.69, 9.17) is 9.47 Å². The summed E-state index contributed by atoms with van der Waals surface area (Å²) in [5.74, 6) is 1.48. The molecule has 6 heteroatoms. The summed E-state index contributed by atoms with van der Waals surface area (Å²) in [5.41, 5.74) is 1.71. The lowest BCUT2D eigenvalue weighted by molar-refractivity contribution is -0.128. The molecular weight excluding hydrogens is 368 g/mol. The molecule has 2 aromatic rings. The second-order valence-electron chi connectivity index (χ2n) is 7.30. The van der Waals surface area contributed by atoms with Crippen molar-refractivity contribution in [2.75, 3.05) is 19.5 Å². The molecule has 0 heterocycles. The molecule has 1 fully saturated rings. The zero-order chi connectivity index (χ0) is 20.6. The van der Waals surface area contributed by atoms with Crippen LogP contribution in [0.15, 0.2) is 48.5 Å². The Morgan fingerprint density at radius 3 is 2.10 bits per heavy atom. The van der Waals surface area contributed by atoms with Crippen LogP contribution < -0.4 is 20.1 Å². The van der Waals surface area contributed by atoms with Crippen molar-refractivity contribution in [1.82, 2.24) is 5.32 Å². The van der Waals surface area contributed by atoms with E-state index in [1.165, 1.54) is 0 Å². The average Bonchev–Trinajstić information content (AvgIpc) is 2.78. The Morgan fingerprint density at radius 1 is 0.862 bits per heavy atom. The van der Waals surface area contributed by atoms with Crippen LogP contribution in [-0.2, 0) is 16.1 Å². The van der Waals surface area contributed by atoms with Crippen molar-refractivity contribution in [3.63, 3.8) is 0 Å². The molecule has 0 atom stereocenters. The highest BCUT2D eigenvalue weighted by atomic mass is 16.5. The smallest absolute Gasteiger partial charge is 0.227 e. The number of hydrogen-bond acceptors (Lipinski definition) is 4. The van der Waals surface area contributed by atoms with Crippen LogP contribution in [0, 0.1) is 11.8 Å². The standard InChI is InChI=1S/C23H28N2O4/c1-28-20-13-11-19(12-14-20)25-23(27)17-9-7-16(8-10-17)22(26)24-15-18-5-3-4-6-21(18)29-2/h3-6,11-14,16-17H,7-10,15H2,1-2H3,(H,24,26)(H,25,27). The van der Waals surface area contributed by atoms with Crippen LogP contribution in [0.3, 0.4) is 0 Å². The molecule has 0 radical (unpaired) electrons. The number of benzene rings is 2. The minimum absolute atomic E-state index is 0.0167. The van der Waals surface area contributed by atoms with Gasteiger partial charge in [0.05, 0.1) is 14.2 Å². The molecule has 0 bridgehead atoms. The maximum Gasteiger partial charge on any atom is 0.227 e. The first kappa shape index (κ1) is 20.7. The number of ether oxygens (including phenoxy) is 2. The maximum absolute atomic E-state index is 12.5.